The number of nitrogens with one attached hydrogen (secondary N) is 1. The number of hydrogen-bond donors (Lipinski definition) is 2. The molecule has 0 radical (unpaired) electrons. The van der Waals surface area contributed by atoms with Crippen molar-refractivity contribution in [3.63, 3.8) is 0 Å². The predicted octanol–water partition coefficient (Wildman–Crippen LogP) is 4.96. The van der Waals surface area contributed by atoms with Crippen LogP contribution < -0.4 is 4.74 Å². The maximum absolute atomic E-state index is 13.1. The number of amides is 1. The number of nitrogens with zero attached hydrogens (tertiary/aromatic N) is 2. The molecule has 4 rings (SSSR count). The SMILES string of the molecule is C=CCOc1ccc(C2c3c(-c4cc(Cl)ccc4O)n[nH]c3C(=O)N2CCC)cc1. The Morgan fingerprint density at radius 3 is 2.77 bits per heavy atom. The second-order valence-electron chi connectivity index (χ2n) is 7.09. The molecule has 0 saturated carbocycles. The number of halogens is 1. The molecule has 3 aromatic rings. The van der Waals surface area contributed by atoms with Gasteiger partial charge in [0.1, 0.15) is 29.5 Å². The van der Waals surface area contributed by atoms with E-state index >= 15 is 0 Å². The van der Waals surface area contributed by atoms with E-state index in [0.717, 1.165) is 23.3 Å². The molecule has 1 aromatic heterocycles. The largest absolute Gasteiger partial charge is 0.507 e. The van der Waals surface area contributed by atoms with Gasteiger partial charge in [-0.25, -0.2) is 0 Å². The number of hydrogen-bond acceptors (Lipinski definition) is 4. The van der Waals surface area contributed by atoms with E-state index in [0.29, 0.717) is 35.1 Å². The summed E-state index contributed by atoms with van der Waals surface area (Å²) in [6, 6.07) is 12.1. The molecule has 7 heteroatoms. The number of carbonyl (C=O) groups is 1. The summed E-state index contributed by atoms with van der Waals surface area (Å²) in [5, 5.41) is 18.1. The summed E-state index contributed by atoms with van der Waals surface area (Å²) in [6.07, 6.45) is 2.51. The van der Waals surface area contributed by atoms with Gasteiger partial charge >= 0.3 is 0 Å². The summed E-state index contributed by atoms with van der Waals surface area (Å²) in [5.74, 6) is 0.677. The maximum Gasteiger partial charge on any atom is 0.273 e. The standard InChI is InChI=1S/C23H22ClN3O3/c1-3-11-27-22(14-5-8-16(9-6-14)30-12-4-2)19-20(25-26-21(19)23(27)29)17-13-15(24)7-10-18(17)28/h4-10,13,22,28H,2-3,11-12H2,1H3,(H,25,26). The Balaban J connectivity index is 1.82. The maximum atomic E-state index is 13.1. The number of rotatable bonds is 7. The van der Waals surface area contributed by atoms with E-state index < -0.39 is 0 Å². The molecule has 30 heavy (non-hydrogen) atoms. The van der Waals surface area contributed by atoms with Crippen molar-refractivity contribution in [3.8, 4) is 22.8 Å². The predicted molar refractivity (Wildman–Crippen MR) is 116 cm³/mol. The van der Waals surface area contributed by atoms with Gasteiger partial charge in [0, 0.05) is 22.7 Å². The third-order valence-electron chi connectivity index (χ3n) is 5.11. The Bertz CT molecular complexity index is 1090. The van der Waals surface area contributed by atoms with Crippen molar-refractivity contribution in [2.75, 3.05) is 13.2 Å². The quantitative estimate of drug-likeness (QED) is 0.527. The van der Waals surface area contributed by atoms with E-state index in [2.05, 4.69) is 16.8 Å². The zero-order valence-electron chi connectivity index (χ0n) is 16.6. The Morgan fingerprint density at radius 1 is 1.30 bits per heavy atom. The van der Waals surface area contributed by atoms with E-state index in [9.17, 15) is 9.90 Å². The molecule has 0 fully saturated rings. The molecule has 1 aliphatic rings. The normalized spacial score (nSPS) is 15.3. The lowest BCUT2D eigenvalue weighted by atomic mass is 9.95. The number of aromatic hydroxyl groups is 1. The van der Waals surface area contributed by atoms with Crippen LogP contribution in [0.3, 0.4) is 0 Å². The van der Waals surface area contributed by atoms with Crippen LogP contribution in [0, 0.1) is 0 Å². The van der Waals surface area contributed by atoms with Gasteiger partial charge in [-0.1, -0.05) is 43.3 Å². The van der Waals surface area contributed by atoms with Crippen molar-refractivity contribution in [1.82, 2.24) is 15.1 Å². The molecule has 2 N–H and O–H groups in total. The zero-order valence-corrected chi connectivity index (χ0v) is 17.3. The van der Waals surface area contributed by atoms with E-state index in [1.807, 2.05) is 36.1 Å². The first-order valence-electron chi connectivity index (χ1n) is 9.77. The molecular formula is C23H22ClN3O3. The summed E-state index contributed by atoms with van der Waals surface area (Å²) >= 11 is 6.16. The fraction of sp³-hybridized carbons (Fsp3) is 0.217. The van der Waals surface area contributed by atoms with Crippen LogP contribution in [0.15, 0.2) is 55.1 Å². The van der Waals surface area contributed by atoms with Crippen LogP contribution in [0.5, 0.6) is 11.5 Å². The molecule has 0 aliphatic carbocycles. The monoisotopic (exact) mass is 423 g/mol. The number of aromatic nitrogens is 2. The fourth-order valence-electron chi connectivity index (χ4n) is 3.82. The minimum atomic E-state index is -0.326. The number of aromatic amines is 1. The van der Waals surface area contributed by atoms with Crippen LogP contribution in [0.2, 0.25) is 5.02 Å². The molecule has 0 saturated heterocycles. The number of fused-ring (bicyclic) bond motifs is 1. The Hall–Kier alpha value is -3.25. The molecule has 154 valence electrons. The van der Waals surface area contributed by atoms with Crippen LogP contribution >= 0.6 is 11.6 Å². The third-order valence-corrected chi connectivity index (χ3v) is 5.34. The summed E-state index contributed by atoms with van der Waals surface area (Å²) in [5.41, 5.74) is 3.13. The number of carbonyl (C=O) groups excluding carboxylic acids is 1. The van der Waals surface area contributed by atoms with Gasteiger partial charge in [-0.3, -0.25) is 9.89 Å². The third kappa shape index (κ3) is 3.44. The van der Waals surface area contributed by atoms with Gasteiger partial charge in [-0.2, -0.15) is 5.10 Å². The lowest BCUT2D eigenvalue weighted by Crippen LogP contribution is -2.30. The summed E-state index contributed by atoms with van der Waals surface area (Å²) in [4.78, 5) is 14.9. The van der Waals surface area contributed by atoms with Gasteiger partial charge in [0.2, 0.25) is 0 Å². The van der Waals surface area contributed by atoms with E-state index in [-0.39, 0.29) is 17.7 Å². The number of ether oxygens (including phenoxy) is 1. The smallest absolute Gasteiger partial charge is 0.273 e. The number of H-pyrrole nitrogens is 1. The van der Waals surface area contributed by atoms with E-state index in [4.69, 9.17) is 16.3 Å². The summed E-state index contributed by atoms with van der Waals surface area (Å²) in [7, 11) is 0. The first-order chi connectivity index (χ1) is 14.5. The molecule has 1 aliphatic heterocycles. The molecule has 2 aromatic carbocycles. The molecule has 1 atom stereocenters. The highest BCUT2D eigenvalue weighted by molar-refractivity contribution is 6.31. The minimum absolute atomic E-state index is 0.0574. The highest BCUT2D eigenvalue weighted by atomic mass is 35.5. The number of phenols is 1. The van der Waals surface area contributed by atoms with Gasteiger partial charge in [0.05, 0.1) is 6.04 Å². The molecule has 0 spiro atoms. The topological polar surface area (TPSA) is 78.5 Å². The van der Waals surface area contributed by atoms with Gasteiger partial charge < -0.3 is 14.7 Å². The Kier molecular flexibility index (Phi) is 5.50. The second kappa shape index (κ2) is 8.24. The average Bonchev–Trinajstić information content (AvgIpc) is 3.29. The van der Waals surface area contributed by atoms with E-state index in [1.54, 1.807) is 18.2 Å². The van der Waals surface area contributed by atoms with Crippen molar-refractivity contribution in [2.24, 2.45) is 0 Å². The van der Waals surface area contributed by atoms with E-state index in [1.165, 1.54) is 6.07 Å². The van der Waals surface area contributed by atoms with Crippen LogP contribution in [0.25, 0.3) is 11.3 Å². The zero-order chi connectivity index (χ0) is 21.3. The number of phenolic OH excluding ortho intramolecular Hbond substituents is 1. The first-order valence-corrected chi connectivity index (χ1v) is 10.1. The Morgan fingerprint density at radius 2 is 2.07 bits per heavy atom. The van der Waals surface area contributed by atoms with Crippen LogP contribution in [-0.2, 0) is 0 Å². The van der Waals surface area contributed by atoms with Crippen molar-refractivity contribution >= 4 is 17.5 Å². The summed E-state index contributed by atoms with van der Waals surface area (Å²) in [6.45, 7) is 6.71. The minimum Gasteiger partial charge on any atom is -0.507 e. The van der Waals surface area contributed by atoms with Crippen LogP contribution in [0.4, 0.5) is 0 Å². The van der Waals surface area contributed by atoms with Gasteiger partial charge in [-0.15, -0.1) is 0 Å². The van der Waals surface area contributed by atoms with Gasteiger partial charge in [-0.05, 0) is 42.3 Å². The molecule has 6 nitrogen and oxygen atoms in total. The second-order valence-corrected chi connectivity index (χ2v) is 7.53. The molecule has 1 amide bonds. The molecule has 0 bridgehead atoms. The fourth-order valence-corrected chi connectivity index (χ4v) is 3.99. The van der Waals surface area contributed by atoms with Crippen molar-refractivity contribution in [1.29, 1.82) is 0 Å². The van der Waals surface area contributed by atoms with Crippen molar-refractivity contribution < 1.29 is 14.6 Å². The average molecular weight is 424 g/mol. The lowest BCUT2D eigenvalue weighted by molar-refractivity contribution is 0.0744. The van der Waals surface area contributed by atoms with Crippen LogP contribution in [0.1, 0.15) is 41.0 Å². The van der Waals surface area contributed by atoms with Gasteiger partial charge in [0.25, 0.3) is 5.91 Å². The highest BCUT2D eigenvalue weighted by Crippen LogP contribution is 2.45. The molecule has 1 unspecified atom stereocenters. The molecule has 2 heterocycles. The first kappa shape index (κ1) is 20.0. The number of benzene rings is 2. The lowest BCUT2D eigenvalue weighted by Gasteiger charge is -2.26. The highest BCUT2D eigenvalue weighted by Gasteiger charge is 2.42. The van der Waals surface area contributed by atoms with Crippen molar-refractivity contribution in [2.45, 2.75) is 19.4 Å². The van der Waals surface area contributed by atoms with Gasteiger partial charge in [0.15, 0.2) is 0 Å². The summed E-state index contributed by atoms with van der Waals surface area (Å²) < 4.78 is 5.58. The molecular weight excluding hydrogens is 402 g/mol. The Labute approximate surface area is 179 Å². The van der Waals surface area contributed by atoms with Crippen molar-refractivity contribution in [3.05, 3.63) is 77.0 Å². The van der Waals surface area contributed by atoms with Crippen LogP contribution in [-0.4, -0.2) is 39.3 Å².